The highest BCUT2D eigenvalue weighted by atomic mass is 35.5. The number of aromatic hydroxyl groups is 1. The second-order valence-corrected chi connectivity index (χ2v) is 4.70. The molecule has 1 heterocycles. The third-order valence-electron chi connectivity index (χ3n) is 2.96. The van der Waals surface area contributed by atoms with Gasteiger partial charge in [0.05, 0.1) is 0 Å². The average Bonchev–Trinajstić information content (AvgIpc) is 2.81. The van der Waals surface area contributed by atoms with Crippen LogP contribution in [0.4, 0.5) is 0 Å². The summed E-state index contributed by atoms with van der Waals surface area (Å²) in [5.74, 6) is 0.959. The lowest BCUT2D eigenvalue weighted by Crippen LogP contribution is -1.94. The van der Waals surface area contributed by atoms with E-state index in [2.05, 4.69) is 4.98 Å². The van der Waals surface area contributed by atoms with Crippen LogP contribution in [0.5, 0.6) is 11.5 Å². The molecule has 3 nitrogen and oxygen atoms in total. The number of aromatic amines is 1. The SMILES string of the molecule is Oc1cccc2[nH]cc(COc3cccc(Cl)c3)c12. The maximum Gasteiger partial charge on any atom is 0.125 e. The van der Waals surface area contributed by atoms with Crippen molar-refractivity contribution in [3.63, 3.8) is 0 Å². The molecule has 0 aliphatic rings. The minimum atomic E-state index is 0.253. The Balaban J connectivity index is 1.86. The fraction of sp³-hybridized carbons (Fsp3) is 0.0667. The molecule has 0 amide bonds. The molecule has 4 heteroatoms. The van der Waals surface area contributed by atoms with Crippen LogP contribution in [-0.4, -0.2) is 10.1 Å². The van der Waals surface area contributed by atoms with E-state index in [0.29, 0.717) is 17.4 Å². The number of hydrogen-bond donors (Lipinski definition) is 2. The van der Waals surface area contributed by atoms with Gasteiger partial charge in [-0.1, -0.05) is 23.7 Å². The van der Waals surface area contributed by atoms with E-state index in [1.165, 1.54) is 0 Å². The van der Waals surface area contributed by atoms with Crippen molar-refractivity contribution in [1.29, 1.82) is 0 Å². The summed E-state index contributed by atoms with van der Waals surface area (Å²) in [6, 6.07) is 12.6. The number of rotatable bonds is 3. The highest BCUT2D eigenvalue weighted by molar-refractivity contribution is 6.30. The topological polar surface area (TPSA) is 45.2 Å². The van der Waals surface area contributed by atoms with Gasteiger partial charge in [-0.2, -0.15) is 0 Å². The summed E-state index contributed by atoms with van der Waals surface area (Å²) in [7, 11) is 0. The highest BCUT2D eigenvalue weighted by Crippen LogP contribution is 2.28. The fourth-order valence-corrected chi connectivity index (χ4v) is 2.25. The molecule has 0 aliphatic carbocycles. The molecular weight excluding hydrogens is 262 g/mol. The maximum absolute atomic E-state index is 9.89. The summed E-state index contributed by atoms with van der Waals surface area (Å²) >= 11 is 5.90. The molecule has 0 bridgehead atoms. The minimum Gasteiger partial charge on any atom is -0.507 e. The first-order valence-corrected chi connectivity index (χ1v) is 6.28. The van der Waals surface area contributed by atoms with Gasteiger partial charge >= 0.3 is 0 Å². The van der Waals surface area contributed by atoms with Crippen LogP contribution in [0.25, 0.3) is 10.9 Å². The van der Waals surface area contributed by atoms with E-state index < -0.39 is 0 Å². The molecule has 0 unspecified atom stereocenters. The minimum absolute atomic E-state index is 0.253. The van der Waals surface area contributed by atoms with Crippen molar-refractivity contribution in [2.24, 2.45) is 0 Å². The van der Waals surface area contributed by atoms with Crippen molar-refractivity contribution >= 4 is 22.5 Å². The summed E-state index contributed by atoms with van der Waals surface area (Å²) in [5, 5.41) is 11.3. The molecule has 0 spiro atoms. The van der Waals surface area contributed by atoms with Gasteiger partial charge in [0.2, 0.25) is 0 Å². The number of H-pyrrole nitrogens is 1. The van der Waals surface area contributed by atoms with Crippen LogP contribution in [0.1, 0.15) is 5.56 Å². The molecule has 0 fully saturated rings. The van der Waals surface area contributed by atoms with Crippen LogP contribution in [0.3, 0.4) is 0 Å². The lowest BCUT2D eigenvalue weighted by molar-refractivity contribution is 0.307. The van der Waals surface area contributed by atoms with Gasteiger partial charge in [-0.3, -0.25) is 0 Å². The predicted octanol–water partition coefficient (Wildman–Crippen LogP) is 4.11. The number of aromatic nitrogens is 1. The lowest BCUT2D eigenvalue weighted by Gasteiger charge is -2.06. The smallest absolute Gasteiger partial charge is 0.125 e. The number of fused-ring (bicyclic) bond motifs is 1. The molecule has 2 aromatic carbocycles. The van der Waals surface area contributed by atoms with Crippen LogP contribution >= 0.6 is 11.6 Å². The first-order chi connectivity index (χ1) is 9.24. The number of phenolic OH excluding ortho intramolecular Hbond substituents is 1. The van der Waals surface area contributed by atoms with Gasteiger partial charge in [0, 0.05) is 27.7 Å². The van der Waals surface area contributed by atoms with Crippen molar-refractivity contribution in [2.75, 3.05) is 0 Å². The lowest BCUT2D eigenvalue weighted by atomic mass is 10.1. The van der Waals surface area contributed by atoms with Gasteiger partial charge in [-0.15, -0.1) is 0 Å². The third kappa shape index (κ3) is 2.37. The second kappa shape index (κ2) is 4.86. The Labute approximate surface area is 115 Å². The molecule has 19 heavy (non-hydrogen) atoms. The summed E-state index contributed by atoms with van der Waals surface area (Å²) in [5.41, 5.74) is 1.80. The van der Waals surface area contributed by atoms with Crippen LogP contribution in [0.15, 0.2) is 48.7 Å². The molecule has 3 rings (SSSR count). The fourth-order valence-electron chi connectivity index (χ4n) is 2.07. The van der Waals surface area contributed by atoms with Crippen molar-refractivity contribution in [2.45, 2.75) is 6.61 Å². The third-order valence-corrected chi connectivity index (χ3v) is 3.19. The number of hydrogen-bond acceptors (Lipinski definition) is 2. The summed E-state index contributed by atoms with van der Waals surface area (Å²) in [6.07, 6.45) is 1.84. The Kier molecular flexibility index (Phi) is 3.05. The zero-order valence-electron chi connectivity index (χ0n) is 10.1. The zero-order chi connectivity index (χ0) is 13.2. The predicted molar refractivity (Wildman–Crippen MR) is 75.7 cm³/mol. The van der Waals surface area contributed by atoms with Crippen LogP contribution in [0.2, 0.25) is 5.02 Å². The maximum atomic E-state index is 9.89. The number of nitrogens with one attached hydrogen (secondary N) is 1. The molecule has 0 atom stereocenters. The van der Waals surface area contributed by atoms with Gasteiger partial charge in [0.25, 0.3) is 0 Å². The van der Waals surface area contributed by atoms with E-state index in [0.717, 1.165) is 16.5 Å². The normalized spacial score (nSPS) is 10.8. The molecule has 0 saturated heterocycles. The Morgan fingerprint density at radius 2 is 2.00 bits per heavy atom. The van der Waals surface area contributed by atoms with E-state index in [1.54, 1.807) is 24.3 Å². The van der Waals surface area contributed by atoms with Crippen LogP contribution in [-0.2, 0) is 6.61 Å². The molecule has 0 aliphatic heterocycles. The Bertz CT molecular complexity index is 721. The molecule has 96 valence electrons. The van der Waals surface area contributed by atoms with Gasteiger partial charge in [0.15, 0.2) is 0 Å². The Hall–Kier alpha value is -2.13. The molecule has 1 aromatic heterocycles. The molecule has 0 radical (unpaired) electrons. The average molecular weight is 274 g/mol. The molecular formula is C15H12ClNO2. The number of benzene rings is 2. The zero-order valence-corrected chi connectivity index (χ0v) is 10.8. The van der Waals surface area contributed by atoms with Crippen LogP contribution < -0.4 is 4.74 Å². The first-order valence-electron chi connectivity index (χ1n) is 5.90. The summed E-state index contributed by atoms with van der Waals surface area (Å²) in [6.45, 7) is 0.373. The van der Waals surface area contributed by atoms with Crippen molar-refractivity contribution in [3.05, 3.63) is 59.2 Å². The molecule has 0 saturated carbocycles. The van der Waals surface area contributed by atoms with E-state index in [4.69, 9.17) is 16.3 Å². The number of ether oxygens (including phenoxy) is 1. The largest absolute Gasteiger partial charge is 0.507 e. The van der Waals surface area contributed by atoms with E-state index >= 15 is 0 Å². The number of phenols is 1. The standard InChI is InChI=1S/C15H12ClNO2/c16-11-3-1-4-12(7-11)19-9-10-8-17-13-5-2-6-14(18)15(10)13/h1-8,17-18H,9H2. The molecule has 2 N–H and O–H groups in total. The molecule has 3 aromatic rings. The van der Waals surface area contributed by atoms with E-state index in [-0.39, 0.29) is 5.75 Å². The van der Waals surface area contributed by atoms with Gasteiger partial charge in [-0.25, -0.2) is 0 Å². The Morgan fingerprint density at radius 3 is 2.84 bits per heavy atom. The second-order valence-electron chi connectivity index (χ2n) is 4.26. The monoisotopic (exact) mass is 273 g/mol. The Morgan fingerprint density at radius 1 is 1.16 bits per heavy atom. The first kappa shape index (κ1) is 11.9. The number of halogens is 1. The quantitative estimate of drug-likeness (QED) is 0.754. The van der Waals surface area contributed by atoms with Crippen LogP contribution in [0, 0.1) is 0 Å². The summed E-state index contributed by atoms with van der Waals surface area (Å²) in [4.78, 5) is 3.11. The highest BCUT2D eigenvalue weighted by Gasteiger charge is 2.08. The van der Waals surface area contributed by atoms with Crippen molar-refractivity contribution < 1.29 is 9.84 Å². The van der Waals surface area contributed by atoms with Crippen molar-refractivity contribution in [3.8, 4) is 11.5 Å². The van der Waals surface area contributed by atoms with Gasteiger partial charge in [-0.05, 0) is 30.3 Å². The van der Waals surface area contributed by atoms with Gasteiger partial charge in [0.1, 0.15) is 18.1 Å². The van der Waals surface area contributed by atoms with E-state index in [1.807, 2.05) is 24.4 Å². The van der Waals surface area contributed by atoms with Gasteiger partial charge < -0.3 is 14.8 Å². The summed E-state index contributed by atoms with van der Waals surface area (Å²) < 4.78 is 5.68. The van der Waals surface area contributed by atoms with Crippen molar-refractivity contribution in [1.82, 2.24) is 4.98 Å². The van der Waals surface area contributed by atoms with E-state index in [9.17, 15) is 5.11 Å².